The fourth-order valence-electron chi connectivity index (χ4n) is 9.33. The van der Waals surface area contributed by atoms with Gasteiger partial charge in [-0.2, -0.15) is 0 Å². The maximum Gasteiger partial charge on any atom is 0.407 e. The molecule has 8 rings (SSSR count). The number of aliphatic imine (C=N–C) groups is 1. The lowest BCUT2D eigenvalue weighted by Crippen LogP contribution is -2.54. The minimum absolute atomic E-state index is 0.0509. The normalized spacial score (nSPS) is 19.9. The molecule has 0 spiro atoms. The van der Waals surface area contributed by atoms with Crippen LogP contribution in [0.2, 0.25) is 0 Å². The van der Waals surface area contributed by atoms with Crippen molar-refractivity contribution in [2.75, 3.05) is 27.3 Å². The molecule has 6 atom stereocenters. The number of aromatic nitrogens is 2. The fourth-order valence-corrected chi connectivity index (χ4v) is 9.33. The molecule has 4 amide bonds. The van der Waals surface area contributed by atoms with Crippen LogP contribution in [-0.2, 0) is 32.1 Å². The van der Waals surface area contributed by atoms with Crippen molar-refractivity contribution in [3.63, 3.8) is 0 Å². The lowest BCUT2D eigenvalue weighted by atomic mass is 9.90. The van der Waals surface area contributed by atoms with Gasteiger partial charge in [0.1, 0.15) is 30.3 Å². The Kier molecular flexibility index (Phi) is 11.6. The van der Waals surface area contributed by atoms with Gasteiger partial charge in [-0.25, -0.2) is 14.6 Å². The van der Waals surface area contributed by atoms with E-state index >= 15 is 0 Å². The number of ether oxygens (including phenoxy) is 3. The van der Waals surface area contributed by atoms with E-state index in [9.17, 15) is 19.2 Å². The number of likely N-dealkylation sites (tertiary alicyclic amines) is 2. The van der Waals surface area contributed by atoms with E-state index in [0.29, 0.717) is 26.1 Å². The van der Waals surface area contributed by atoms with Gasteiger partial charge >= 0.3 is 12.2 Å². The highest BCUT2D eigenvalue weighted by Crippen LogP contribution is 2.45. The Morgan fingerprint density at radius 3 is 2.15 bits per heavy atom. The third-order valence-corrected chi connectivity index (χ3v) is 13.2. The van der Waals surface area contributed by atoms with Crippen LogP contribution in [0.1, 0.15) is 89.2 Å². The highest BCUT2D eigenvalue weighted by molar-refractivity contribution is 6.06. The molecule has 2 saturated heterocycles. The molecule has 3 N–H and O–H groups in total. The standard InChI is InChI=1S/C46H55N7O7/c1-7-25(3)40(50-45(56)58-5)43(54)52-17-9-11-37(52)35-21-32-31-22-39-33(20-27(31)14-16-34(32)48-35)30-15-13-28(19-29(30)24-60-39)36-23-47-42(49-36)38-12-10-18-53(38)44(55)41(26(4)8-2)51-46(57)59-6/h13-16,19-20,22-23,25-26,37-38,40-41H,7-12,17-18,21,24H2,1-6H3,(H,47,49)(H,50,56)(H,51,57)/t25-,26-,37-,38-,40?,41-/m0/s1. The molecule has 4 aliphatic rings. The Hall–Kier alpha value is -5.92. The zero-order valence-electron chi connectivity index (χ0n) is 35.3. The van der Waals surface area contributed by atoms with E-state index in [1.165, 1.54) is 14.2 Å². The number of amides is 4. The molecule has 4 aliphatic heterocycles. The van der Waals surface area contributed by atoms with Gasteiger partial charge in [0.2, 0.25) is 11.8 Å². The minimum atomic E-state index is -0.684. The highest BCUT2D eigenvalue weighted by Gasteiger charge is 2.41. The monoisotopic (exact) mass is 817 g/mol. The number of nitrogens with zero attached hydrogens (tertiary/aromatic N) is 4. The van der Waals surface area contributed by atoms with Crippen LogP contribution < -0.4 is 15.4 Å². The molecule has 3 aromatic carbocycles. The zero-order chi connectivity index (χ0) is 42.2. The van der Waals surface area contributed by atoms with Crippen LogP contribution in [0.5, 0.6) is 5.75 Å². The largest absolute Gasteiger partial charge is 0.488 e. The van der Waals surface area contributed by atoms with Crippen molar-refractivity contribution >= 4 is 46.2 Å². The topological polar surface area (TPSA) is 168 Å². The zero-order valence-corrected chi connectivity index (χ0v) is 35.3. The predicted octanol–water partition coefficient (Wildman–Crippen LogP) is 7.61. The second-order valence-electron chi connectivity index (χ2n) is 16.6. The van der Waals surface area contributed by atoms with E-state index in [2.05, 4.69) is 58.1 Å². The van der Waals surface area contributed by atoms with Gasteiger partial charge in [-0.05, 0) is 94.8 Å². The van der Waals surface area contributed by atoms with Crippen LogP contribution in [0.25, 0.3) is 33.2 Å². The smallest absolute Gasteiger partial charge is 0.407 e. The maximum absolute atomic E-state index is 13.9. The summed E-state index contributed by atoms with van der Waals surface area (Å²) in [6.45, 7) is 9.57. The second kappa shape index (κ2) is 17.0. The molecule has 14 heteroatoms. The molecule has 60 heavy (non-hydrogen) atoms. The van der Waals surface area contributed by atoms with Crippen LogP contribution in [0.4, 0.5) is 15.3 Å². The quantitative estimate of drug-likeness (QED) is 0.139. The van der Waals surface area contributed by atoms with E-state index in [4.69, 9.17) is 24.2 Å². The Labute approximate surface area is 350 Å². The number of carbonyl (C=O) groups is 4. The van der Waals surface area contributed by atoms with E-state index in [1.54, 1.807) is 0 Å². The number of benzene rings is 3. The predicted molar refractivity (Wildman–Crippen MR) is 228 cm³/mol. The molecule has 0 aliphatic carbocycles. The molecule has 4 aromatic rings. The Bertz CT molecular complexity index is 2360. The fraction of sp³-hybridized carbons (Fsp3) is 0.478. The summed E-state index contributed by atoms with van der Waals surface area (Å²) in [5.41, 5.74) is 8.05. The first-order valence-corrected chi connectivity index (χ1v) is 21.3. The van der Waals surface area contributed by atoms with Crippen LogP contribution in [0.15, 0.2) is 53.7 Å². The Morgan fingerprint density at radius 1 is 0.850 bits per heavy atom. The summed E-state index contributed by atoms with van der Waals surface area (Å²) in [5, 5.41) is 7.73. The highest BCUT2D eigenvalue weighted by atomic mass is 16.5. The summed E-state index contributed by atoms with van der Waals surface area (Å²) in [6, 6.07) is 13.2. The first kappa shape index (κ1) is 40.8. The van der Waals surface area contributed by atoms with Crippen molar-refractivity contribution in [3.05, 3.63) is 65.6 Å². The molecule has 316 valence electrons. The van der Waals surface area contributed by atoms with Crippen molar-refractivity contribution in [1.82, 2.24) is 30.4 Å². The third-order valence-electron chi connectivity index (χ3n) is 13.2. The van der Waals surface area contributed by atoms with E-state index in [-0.39, 0.29) is 35.7 Å². The molecular formula is C46H55N7O7. The van der Waals surface area contributed by atoms with E-state index in [0.717, 1.165) is 106 Å². The van der Waals surface area contributed by atoms with Crippen molar-refractivity contribution in [1.29, 1.82) is 0 Å². The van der Waals surface area contributed by atoms with Gasteiger partial charge < -0.3 is 39.6 Å². The van der Waals surface area contributed by atoms with Gasteiger partial charge in [0, 0.05) is 30.8 Å². The summed E-state index contributed by atoms with van der Waals surface area (Å²) in [4.78, 5) is 69.2. The maximum atomic E-state index is 13.9. The van der Waals surface area contributed by atoms with Crippen LogP contribution in [-0.4, -0.2) is 94.9 Å². The number of hydrogen-bond acceptors (Lipinski definition) is 9. The van der Waals surface area contributed by atoms with Gasteiger partial charge in [-0.1, -0.05) is 58.7 Å². The van der Waals surface area contributed by atoms with Crippen molar-refractivity contribution in [3.8, 4) is 28.1 Å². The Morgan fingerprint density at radius 2 is 1.50 bits per heavy atom. The van der Waals surface area contributed by atoms with Crippen molar-refractivity contribution in [2.45, 2.75) is 103 Å². The van der Waals surface area contributed by atoms with Crippen molar-refractivity contribution in [2.24, 2.45) is 16.8 Å². The lowest BCUT2D eigenvalue weighted by molar-refractivity contribution is -0.136. The molecule has 1 aromatic heterocycles. The van der Waals surface area contributed by atoms with Crippen LogP contribution in [0.3, 0.4) is 0 Å². The number of hydrogen-bond donors (Lipinski definition) is 3. The molecule has 5 heterocycles. The number of imidazole rings is 1. The van der Waals surface area contributed by atoms with Crippen molar-refractivity contribution < 1.29 is 33.4 Å². The first-order chi connectivity index (χ1) is 29.0. The molecule has 0 bridgehead atoms. The van der Waals surface area contributed by atoms with Crippen LogP contribution in [0, 0.1) is 11.8 Å². The number of alkyl carbamates (subject to hydrolysis) is 2. The van der Waals surface area contributed by atoms with Gasteiger partial charge in [0.15, 0.2) is 0 Å². The summed E-state index contributed by atoms with van der Waals surface area (Å²) >= 11 is 0. The van der Waals surface area contributed by atoms with Gasteiger partial charge in [-0.3, -0.25) is 14.6 Å². The lowest BCUT2D eigenvalue weighted by Gasteiger charge is -2.31. The number of carbonyl (C=O) groups excluding carboxylic acids is 4. The van der Waals surface area contributed by atoms with E-state index in [1.807, 2.05) is 43.7 Å². The summed E-state index contributed by atoms with van der Waals surface area (Å²) in [6.07, 6.45) is 6.03. The number of rotatable bonds is 11. The molecule has 1 unspecified atom stereocenters. The Balaban J connectivity index is 0.997. The third kappa shape index (κ3) is 7.56. The molecular weight excluding hydrogens is 763 g/mol. The van der Waals surface area contributed by atoms with Gasteiger partial charge in [-0.15, -0.1) is 0 Å². The minimum Gasteiger partial charge on any atom is -0.488 e. The molecule has 0 radical (unpaired) electrons. The van der Waals surface area contributed by atoms with E-state index < -0.39 is 24.3 Å². The number of H-pyrrole nitrogens is 1. The number of methoxy groups -OCH3 is 2. The van der Waals surface area contributed by atoms with Gasteiger partial charge in [0.25, 0.3) is 0 Å². The average Bonchev–Trinajstić information content (AvgIpc) is 4.12. The SMILES string of the molecule is CC[C@H](C)C(NC(=O)OC)C(=O)N1CCC[C@H]1C1=Nc2ccc3cc4c(cc3c2C1)OCc1cc(-c2cnc([C@@H]3CCCN3C(=O)[C@@H](NC(=O)OC)[C@@H](C)CC)[nH]2)ccc1-4. The summed E-state index contributed by atoms with van der Waals surface area (Å²) in [5.74, 6) is 1.21. The number of aromatic amines is 1. The molecule has 14 nitrogen and oxygen atoms in total. The molecule has 0 saturated carbocycles. The first-order valence-electron chi connectivity index (χ1n) is 21.3. The van der Waals surface area contributed by atoms with Gasteiger partial charge in [0.05, 0.1) is 43.9 Å². The average molecular weight is 818 g/mol. The summed E-state index contributed by atoms with van der Waals surface area (Å²) < 4.78 is 16.1. The molecule has 2 fully saturated rings. The number of nitrogens with one attached hydrogen (secondary N) is 3. The second-order valence-corrected chi connectivity index (χ2v) is 16.6. The number of fused-ring (bicyclic) bond motifs is 6. The van der Waals surface area contributed by atoms with Crippen LogP contribution >= 0.6 is 0 Å². The summed E-state index contributed by atoms with van der Waals surface area (Å²) in [7, 11) is 2.61.